The summed E-state index contributed by atoms with van der Waals surface area (Å²) in [6.07, 6.45) is 8.83. The maximum atomic E-state index is 9.45. The van der Waals surface area contributed by atoms with Crippen molar-refractivity contribution in [2.75, 3.05) is 33.4 Å². The Kier molecular flexibility index (Phi) is 6.27. The first kappa shape index (κ1) is 19.7. The molecular weight excluding hydrogens is 366 g/mol. The fourth-order valence-electron chi connectivity index (χ4n) is 4.20. The van der Waals surface area contributed by atoms with E-state index in [9.17, 15) is 5.11 Å². The number of aliphatic hydroxyl groups is 1. The van der Waals surface area contributed by atoms with Gasteiger partial charge in [-0.1, -0.05) is 12.1 Å². The predicted octanol–water partition coefficient (Wildman–Crippen LogP) is 3.04. The zero-order valence-electron chi connectivity index (χ0n) is 16.9. The number of aliphatic hydroxyl groups excluding tert-OH is 1. The number of hydrogen-bond donors (Lipinski definition) is 2. The average Bonchev–Trinajstić information content (AvgIpc) is 3.43. The van der Waals surface area contributed by atoms with Crippen LogP contribution in [0.15, 0.2) is 43.0 Å². The van der Waals surface area contributed by atoms with Crippen molar-refractivity contribution >= 4 is 0 Å². The quantitative estimate of drug-likeness (QED) is 0.613. The number of imidazole rings is 2. The Bertz CT molecular complexity index is 906. The Morgan fingerprint density at radius 3 is 2.93 bits per heavy atom. The van der Waals surface area contributed by atoms with E-state index < -0.39 is 0 Å². The lowest BCUT2D eigenvalue weighted by molar-refractivity contribution is 0.119. The number of aromatic nitrogens is 4. The van der Waals surface area contributed by atoms with E-state index in [1.54, 1.807) is 13.3 Å². The number of H-pyrrole nitrogens is 1. The Hall–Kier alpha value is -2.64. The number of benzene rings is 1. The van der Waals surface area contributed by atoms with Crippen LogP contribution in [-0.4, -0.2) is 62.9 Å². The Morgan fingerprint density at radius 1 is 1.24 bits per heavy atom. The molecule has 29 heavy (non-hydrogen) atoms. The van der Waals surface area contributed by atoms with E-state index in [1.165, 1.54) is 6.42 Å². The standard InChI is InChI=1S/C22H29N5O2/c1-29-19-8-3-2-7-18(19)20-21(22-23-9-10-24-22)27(16-25-20)13-5-12-26-11-4-6-17(14-26)15-28/h2-3,7-10,16-17,28H,4-6,11-15H2,1H3,(H,23,24). The molecule has 0 spiro atoms. The zero-order chi connectivity index (χ0) is 20.1. The van der Waals surface area contributed by atoms with Gasteiger partial charge in [0.25, 0.3) is 0 Å². The number of likely N-dealkylation sites (tertiary alicyclic amines) is 1. The molecule has 154 valence electrons. The number of nitrogens with zero attached hydrogens (tertiary/aromatic N) is 4. The van der Waals surface area contributed by atoms with Crippen LogP contribution in [0.2, 0.25) is 0 Å². The van der Waals surface area contributed by atoms with Gasteiger partial charge in [0.1, 0.15) is 17.1 Å². The molecule has 1 aromatic carbocycles. The van der Waals surface area contributed by atoms with Gasteiger partial charge in [-0.3, -0.25) is 0 Å². The van der Waals surface area contributed by atoms with Crippen LogP contribution in [0.4, 0.5) is 0 Å². The number of methoxy groups -OCH3 is 1. The molecule has 1 unspecified atom stereocenters. The lowest BCUT2D eigenvalue weighted by Gasteiger charge is -2.31. The molecule has 3 heterocycles. The summed E-state index contributed by atoms with van der Waals surface area (Å²) in [5.74, 6) is 2.03. The topological polar surface area (TPSA) is 79.2 Å². The van der Waals surface area contributed by atoms with E-state index in [0.29, 0.717) is 12.5 Å². The second kappa shape index (κ2) is 9.24. The largest absolute Gasteiger partial charge is 0.496 e. The summed E-state index contributed by atoms with van der Waals surface area (Å²) >= 11 is 0. The first-order chi connectivity index (χ1) is 14.3. The van der Waals surface area contributed by atoms with Gasteiger partial charge in [-0.25, -0.2) is 9.97 Å². The first-order valence-electron chi connectivity index (χ1n) is 10.3. The molecule has 1 aliphatic heterocycles. The molecule has 1 saturated heterocycles. The van der Waals surface area contributed by atoms with Crippen LogP contribution in [0.3, 0.4) is 0 Å². The van der Waals surface area contributed by atoms with E-state index in [0.717, 1.165) is 67.5 Å². The smallest absolute Gasteiger partial charge is 0.156 e. The monoisotopic (exact) mass is 395 g/mol. The van der Waals surface area contributed by atoms with E-state index in [2.05, 4.69) is 19.4 Å². The van der Waals surface area contributed by atoms with Crippen LogP contribution in [0.5, 0.6) is 5.75 Å². The van der Waals surface area contributed by atoms with Crippen molar-refractivity contribution in [3.63, 3.8) is 0 Å². The minimum absolute atomic E-state index is 0.295. The minimum Gasteiger partial charge on any atom is -0.496 e. The lowest BCUT2D eigenvalue weighted by atomic mass is 9.99. The van der Waals surface area contributed by atoms with Crippen molar-refractivity contribution in [3.05, 3.63) is 43.0 Å². The SMILES string of the molecule is COc1ccccc1-c1ncn(CCCN2CCCC(CO)C2)c1-c1ncc[nH]1. The van der Waals surface area contributed by atoms with Crippen molar-refractivity contribution < 1.29 is 9.84 Å². The minimum atomic E-state index is 0.295. The summed E-state index contributed by atoms with van der Waals surface area (Å²) in [6, 6.07) is 7.94. The van der Waals surface area contributed by atoms with Gasteiger partial charge in [0, 0.05) is 37.7 Å². The Balaban J connectivity index is 1.54. The number of ether oxygens (including phenoxy) is 1. The molecule has 0 radical (unpaired) electrons. The van der Waals surface area contributed by atoms with Gasteiger partial charge in [-0.2, -0.15) is 0 Å². The maximum Gasteiger partial charge on any atom is 0.156 e. The molecule has 1 fully saturated rings. The molecule has 0 aliphatic carbocycles. The summed E-state index contributed by atoms with van der Waals surface area (Å²) < 4.78 is 7.73. The molecule has 0 bridgehead atoms. The van der Waals surface area contributed by atoms with Crippen LogP contribution in [0, 0.1) is 5.92 Å². The number of hydrogen-bond acceptors (Lipinski definition) is 5. The van der Waals surface area contributed by atoms with Gasteiger partial charge in [0.2, 0.25) is 0 Å². The summed E-state index contributed by atoms with van der Waals surface area (Å²) in [5.41, 5.74) is 2.81. The molecule has 7 nitrogen and oxygen atoms in total. The molecule has 7 heteroatoms. The molecule has 3 aromatic rings. The van der Waals surface area contributed by atoms with Crippen LogP contribution < -0.4 is 4.74 Å². The Labute approximate surface area is 171 Å². The van der Waals surface area contributed by atoms with E-state index in [1.807, 2.05) is 36.8 Å². The van der Waals surface area contributed by atoms with Gasteiger partial charge in [-0.15, -0.1) is 0 Å². The fourth-order valence-corrected chi connectivity index (χ4v) is 4.20. The predicted molar refractivity (Wildman–Crippen MR) is 113 cm³/mol. The summed E-state index contributed by atoms with van der Waals surface area (Å²) in [5, 5.41) is 9.45. The number of piperidine rings is 1. The molecule has 2 N–H and O–H groups in total. The molecule has 1 aliphatic rings. The lowest BCUT2D eigenvalue weighted by Crippen LogP contribution is -2.37. The molecule has 1 atom stereocenters. The number of para-hydroxylation sites is 1. The molecule has 0 amide bonds. The second-order valence-electron chi connectivity index (χ2n) is 7.62. The molecule has 2 aromatic heterocycles. The third-order valence-electron chi connectivity index (χ3n) is 5.66. The van der Waals surface area contributed by atoms with Crippen LogP contribution in [0.1, 0.15) is 19.3 Å². The average molecular weight is 396 g/mol. The third kappa shape index (κ3) is 4.36. The van der Waals surface area contributed by atoms with Crippen molar-refractivity contribution in [1.29, 1.82) is 0 Å². The highest BCUT2D eigenvalue weighted by Crippen LogP contribution is 2.35. The number of aryl methyl sites for hydroxylation is 1. The fraction of sp³-hybridized carbons (Fsp3) is 0.455. The van der Waals surface area contributed by atoms with E-state index in [-0.39, 0.29) is 0 Å². The molecule has 0 saturated carbocycles. The highest BCUT2D eigenvalue weighted by atomic mass is 16.5. The van der Waals surface area contributed by atoms with Crippen molar-refractivity contribution in [2.24, 2.45) is 5.92 Å². The highest BCUT2D eigenvalue weighted by molar-refractivity contribution is 5.79. The van der Waals surface area contributed by atoms with Gasteiger partial charge >= 0.3 is 0 Å². The number of rotatable bonds is 8. The highest BCUT2D eigenvalue weighted by Gasteiger charge is 2.21. The normalized spacial score (nSPS) is 17.5. The van der Waals surface area contributed by atoms with Crippen molar-refractivity contribution in [3.8, 4) is 28.5 Å². The van der Waals surface area contributed by atoms with Crippen LogP contribution in [0.25, 0.3) is 22.8 Å². The summed E-state index contributed by atoms with van der Waals surface area (Å²) in [4.78, 5) is 14.9. The zero-order valence-corrected chi connectivity index (χ0v) is 16.9. The van der Waals surface area contributed by atoms with Crippen LogP contribution in [-0.2, 0) is 6.54 Å². The van der Waals surface area contributed by atoms with E-state index in [4.69, 9.17) is 9.72 Å². The molecular formula is C22H29N5O2. The number of nitrogens with one attached hydrogen (secondary N) is 1. The van der Waals surface area contributed by atoms with Crippen LogP contribution >= 0.6 is 0 Å². The van der Waals surface area contributed by atoms with Crippen molar-refractivity contribution in [1.82, 2.24) is 24.4 Å². The van der Waals surface area contributed by atoms with Gasteiger partial charge in [-0.05, 0) is 50.4 Å². The van der Waals surface area contributed by atoms with Gasteiger partial charge in [0.05, 0.1) is 13.4 Å². The van der Waals surface area contributed by atoms with E-state index >= 15 is 0 Å². The molecule has 4 rings (SSSR count). The Morgan fingerprint density at radius 2 is 2.14 bits per heavy atom. The van der Waals surface area contributed by atoms with Gasteiger partial charge < -0.3 is 24.3 Å². The van der Waals surface area contributed by atoms with Crippen molar-refractivity contribution in [2.45, 2.75) is 25.8 Å². The second-order valence-corrected chi connectivity index (χ2v) is 7.62. The summed E-state index contributed by atoms with van der Waals surface area (Å²) in [6.45, 7) is 4.30. The first-order valence-corrected chi connectivity index (χ1v) is 10.3. The maximum absolute atomic E-state index is 9.45. The number of aromatic amines is 1. The van der Waals surface area contributed by atoms with Gasteiger partial charge in [0.15, 0.2) is 5.82 Å². The third-order valence-corrected chi connectivity index (χ3v) is 5.66. The summed E-state index contributed by atoms with van der Waals surface area (Å²) in [7, 11) is 1.68.